The molecule has 0 aliphatic rings. The molecule has 11 heteroatoms. The van der Waals surface area contributed by atoms with Crippen LogP contribution in [0.2, 0.25) is 36.3 Å². The smallest absolute Gasteiger partial charge is 0.264 e. The predicted molar refractivity (Wildman–Crippen MR) is 202 cm³/mol. The fourth-order valence-corrected chi connectivity index (χ4v) is 8.33. The van der Waals surface area contributed by atoms with E-state index in [1.54, 1.807) is 31.2 Å². The van der Waals surface area contributed by atoms with Gasteiger partial charge in [0.15, 0.2) is 28.1 Å². The first-order chi connectivity index (χ1) is 22.0. The molecule has 268 valence electrons. The van der Waals surface area contributed by atoms with Crippen LogP contribution in [0.1, 0.15) is 83.9 Å². The molecule has 0 saturated heterocycles. The minimum Gasteiger partial charge on any atom is -0.483 e. The van der Waals surface area contributed by atoms with Gasteiger partial charge in [0.1, 0.15) is 12.3 Å². The second kappa shape index (κ2) is 15.2. The minimum absolute atomic E-state index is 0.0256. The third kappa shape index (κ3) is 9.83. The van der Waals surface area contributed by atoms with Crippen molar-refractivity contribution in [3.8, 4) is 5.75 Å². The van der Waals surface area contributed by atoms with Crippen LogP contribution in [0, 0.1) is 19.8 Å². The average molecular weight is 717 g/mol. The van der Waals surface area contributed by atoms with Crippen LogP contribution in [0.25, 0.3) is 0 Å². The van der Waals surface area contributed by atoms with Gasteiger partial charge in [-0.15, -0.1) is 0 Å². The molecule has 1 heterocycles. The van der Waals surface area contributed by atoms with Crippen molar-refractivity contribution in [2.24, 2.45) is 5.92 Å². The molecule has 0 N–H and O–H groups in total. The van der Waals surface area contributed by atoms with E-state index in [1.807, 2.05) is 45.0 Å². The average Bonchev–Trinajstić information content (AvgIpc) is 3.30. The molecular weight excluding hydrogens is 657 g/mol. The fraction of sp³-hybridized carbons (Fsp3) is 0.595. The summed E-state index contributed by atoms with van der Waals surface area (Å²) in [5, 5.41) is 4.10. The predicted octanol–water partition coefficient (Wildman–Crippen LogP) is 9.85. The van der Waals surface area contributed by atoms with Crippen molar-refractivity contribution in [2.45, 2.75) is 123 Å². The molecule has 0 spiro atoms. The number of aryl methyl sites for hydroxylation is 2. The van der Waals surface area contributed by atoms with Crippen molar-refractivity contribution in [3.63, 3.8) is 0 Å². The van der Waals surface area contributed by atoms with Crippen molar-refractivity contribution in [1.82, 2.24) is 5.16 Å². The quantitative estimate of drug-likeness (QED) is 0.145. The van der Waals surface area contributed by atoms with Crippen molar-refractivity contribution >= 4 is 32.3 Å². The van der Waals surface area contributed by atoms with Crippen molar-refractivity contribution in [3.05, 3.63) is 71.1 Å². The molecule has 1 aromatic heterocycles. The van der Waals surface area contributed by atoms with Gasteiger partial charge < -0.3 is 18.1 Å². The number of rotatable bonds is 15. The summed E-state index contributed by atoms with van der Waals surface area (Å²) in [4.78, 5) is 0.233. The lowest BCUT2D eigenvalue weighted by atomic mass is 10.0. The third-order valence-corrected chi connectivity index (χ3v) is 20.8. The van der Waals surface area contributed by atoms with E-state index in [0.717, 1.165) is 11.1 Å². The van der Waals surface area contributed by atoms with E-state index in [9.17, 15) is 8.42 Å². The fourth-order valence-electron chi connectivity index (χ4n) is 4.60. The second-order valence-electron chi connectivity index (χ2n) is 16.4. The monoisotopic (exact) mass is 716 g/mol. The molecule has 0 radical (unpaired) electrons. The second-order valence-corrected chi connectivity index (χ2v) is 27.9. The van der Waals surface area contributed by atoms with Gasteiger partial charge in [-0.3, -0.25) is 4.31 Å². The number of ether oxygens (including phenoxy) is 1. The van der Waals surface area contributed by atoms with E-state index in [1.165, 1.54) is 4.31 Å². The highest BCUT2D eigenvalue weighted by Gasteiger charge is 2.40. The summed E-state index contributed by atoms with van der Waals surface area (Å²) in [6.45, 7) is 32.0. The molecule has 2 aromatic carbocycles. The lowest BCUT2D eigenvalue weighted by Crippen LogP contribution is -2.44. The van der Waals surface area contributed by atoms with Crippen molar-refractivity contribution in [1.29, 1.82) is 0 Å². The van der Waals surface area contributed by atoms with E-state index in [-0.39, 0.29) is 33.4 Å². The first-order valence-electron chi connectivity index (χ1n) is 17.0. The van der Waals surface area contributed by atoms with Crippen LogP contribution in [-0.2, 0) is 25.5 Å². The summed E-state index contributed by atoms with van der Waals surface area (Å²) in [5.41, 5.74) is 3.24. The number of sulfonamides is 1. The minimum atomic E-state index is -3.83. The highest BCUT2D eigenvalue weighted by atomic mass is 32.2. The molecule has 0 aliphatic carbocycles. The van der Waals surface area contributed by atoms with Gasteiger partial charge in [0.05, 0.1) is 10.6 Å². The largest absolute Gasteiger partial charge is 0.483 e. The summed E-state index contributed by atoms with van der Waals surface area (Å²) >= 11 is 0. The van der Waals surface area contributed by atoms with Crippen LogP contribution in [-0.4, -0.2) is 50.0 Å². The van der Waals surface area contributed by atoms with Crippen molar-refractivity contribution in [2.75, 3.05) is 24.1 Å². The van der Waals surface area contributed by atoms with Gasteiger partial charge in [-0.2, -0.15) is 0 Å². The molecule has 0 unspecified atom stereocenters. The Balaban J connectivity index is 1.88. The zero-order valence-electron chi connectivity index (χ0n) is 31.9. The number of hydrogen-bond acceptors (Lipinski definition) is 7. The Morgan fingerprint density at radius 2 is 1.31 bits per heavy atom. The lowest BCUT2D eigenvalue weighted by Gasteiger charge is -2.39. The van der Waals surface area contributed by atoms with Gasteiger partial charge in [-0.1, -0.05) is 84.8 Å². The number of hydrogen-bond donors (Lipinski definition) is 0. The highest BCUT2D eigenvalue weighted by Crippen LogP contribution is 2.40. The van der Waals surface area contributed by atoms with Crippen LogP contribution in [0.3, 0.4) is 0 Å². The van der Waals surface area contributed by atoms with Crippen LogP contribution >= 0.6 is 0 Å². The maximum atomic E-state index is 14.1. The molecule has 0 amide bonds. The molecule has 3 rings (SSSR count). The van der Waals surface area contributed by atoms with Gasteiger partial charge in [-0.25, -0.2) is 8.42 Å². The number of aromatic nitrogens is 1. The van der Waals surface area contributed by atoms with E-state index in [2.05, 4.69) is 72.9 Å². The summed E-state index contributed by atoms with van der Waals surface area (Å²) in [7, 11) is -7.83. The summed E-state index contributed by atoms with van der Waals surface area (Å²) in [5.74, 6) is 1.36. The topological polar surface area (TPSA) is 91.1 Å². The van der Waals surface area contributed by atoms with E-state index in [4.69, 9.17) is 18.1 Å². The van der Waals surface area contributed by atoms with Gasteiger partial charge in [0.2, 0.25) is 0 Å². The van der Waals surface area contributed by atoms with Crippen LogP contribution in [0.4, 0.5) is 5.69 Å². The van der Waals surface area contributed by atoms with Gasteiger partial charge >= 0.3 is 0 Å². The maximum Gasteiger partial charge on any atom is 0.264 e. The third-order valence-electron chi connectivity index (χ3n) is 9.95. The zero-order chi connectivity index (χ0) is 36.3. The molecule has 0 aliphatic heterocycles. The highest BCUT2D eigenvalue weighted by molar-refractivity contribution is 7.92. The SMILES string of the molecule is Cc1noc(C)c1OCc1ccc(S(=O)(=O)N(CC(C)C)c2ccc(C(CO[Si](C)(C)C(C)(C)C)CO[Si](C)(C)C(C)(C)C)cc2)cc1. The van der Waals surface area contributed by atoms with E-state index >= 15 is 0 Å². The number of nitrogens with zero attached hydrogens (tertiary/aromatic N) is 2. The van der Waals surface area contributed by atoms with Gasteiger partial charge in [0.25, 0.3) is 10.0 Å². The Labute approximate surface area is 292 Å². The molecule has 0 atom stereocenters. The zero-order valence-corrected chi connectivity index (χ0v) is 34.7. The van der Waals surface area contributed by atoms with Crippen LogP contribution in [0.15, 0.2) is 57.9 Å². The molecule has 48 heavy (non-hydrogen) atoms. The van der Waals surface area contributed by atoms with E-state index < -0.39 is 26.7 Å². The summed E-state index contributed by atoms with van der Waals surface area (Å²) in [6, 6.07) is 14.8. The van der Waals surface area contributed by atoms with Crippen LogP contribution in [0.5, 0.6) is 5.75 Å². The number of benzene rings is 2. The van der Waals surface area contributed by atoms with Crippen LogP contribution < -0.4 is 9.04 Å². The number of anilines is 1. The van der Waals surface area contributed by atoms with Gasteiger partial charge in [-0.05, 0) is 84.5 Å². The maximum absolute atomic E-state index is 14.1. The normalized spacial score (nSPS) is 13.4. The molecule has 3 aromatic rings. The Hall–Kier alpha value is -2.45. The van der Waals surface area contributed by atoms with Crippen molar-refractivity contribution < 1.29 is 26.5 Å². The molecule has 0 bridgehead atoms. The first kappa shape index (κ1) is 40.0. The van der Waals surface area contributed by atoms with E-state index in [0.29, 0.717) is 42.6 Å². The Bertz CT molecular complexity index is 1540. The Morgan fingerprint density at radius 1 is 0.812 bits per heavy atom. The molecule has 0 fully saturated rings. The standard InChI is InChI=1S/C37H60N2O6SSi2/c1-27(2)23-39(46(40,41)34-21-15-30(16-22-34)24-42-35-28(3)38-45-29(35)4)33-19-17-31(18-20-33)32(25-43-47(11,12)36(5,6)7)26-44-48(13,14)37(8,9)10/h15-22,27,32H,23-26H2,1-14H3. The molecule has 8 nitrogen and oxygen atoms in total. The van der Waals surface area contributed by atoms with Gasteiger partial charge in [0, 0.05) is 32.6 Å². The Morgan fingerprint density at radius 3 is 1.73 bits per heavy atom. The molecule has 0 saturated carbocycles. The first-order valence-corrected chi connectivity index (χ1v) is 24.3. The molecular formula is C37H60N2O6SSi2. The lowest BCUT2D eigenvalue weighted by molar-refractivity contribution is 0.196. The summed E-state index contributed by atoms with van der Waals surface area (Å²) < 4.78 is 54.2. The Kier molecular flexibility index (Phi) is 12.7. The summed E-state index contributed by atoms with van der Waals surface area (Å²) in [6.07, 6.45) is 0.